The van der Waals surface area contributed by atoms with E-state index in [9.17, 15) is 10.2 Å². The number of nitrogens with zero attached hydrogens (tertiary/aromatic N) is 2. The fourth-order valence-electron chi connectivity index (χ4n) is 4.48. The van der Waals surface area contributed by atoms with Crippen LogP contribution in [0.5, 0.6) is 11.5 Å². The van der Waals surface area contributed by atoms with E-state index in [1.54, 1.807) is 12.4 Å². The van der Waals surface area contributed by atoms with Crippen LogP contribution in [0, 0.1) is 0 Å². The lowest BCUT2D eigenvalue weighted by atomic mass is 10.1. The molecule has 0 amide bonds. The molecule has 152 valence electrons. The number of phenolic OH excluding ortho intramolecular Hbond substituents is 2. The molecular formula is C24H26N4O2+2. The standard InChI is InChI=1S/C24H24N4O2/c29-23-19(7-5-17-3-1-9-25-21(17)23)15-27-11-13-28(14-12-27)16-20-8-6-18-4-2-10-26-22(18)24(20)30/h1-10,29-30H,11-16H2/p+2. The molecule has 0 radical (unpaired) electrons. The summed E-state index contributed by atoms with van der Waals surface area (Å²) in [6.45, 7) is 5.72. The van der Waals surface area contributed by atoms with Gasteiger partial charge in [-0.3, -0.25) is 9.97 Å². The largest absolute Gasteiger partial charge is 0.505 e. The molecule has 1 aliphatic rings. The number of aromatic nitrogens is 2. The van der Waals surface area contributed by atoms with Gasteiger partial charge in [0.15, 0.2) is 11.5 Å². The number of fused-ring (bicyclic) bond motifs is 2. The van der Waals surface area contributed by atoms with E-state index < -0.39 is 0 Å². The second-order valence-corrected chi connectivity index (χ2v) is 8.15. The zero-order chi connectivity index (χ0) is 20.5. The SMILES string of the molecule is Oc1c(C[NH+]2CC[NH+](Cc3ccc4cccnc4c3O)CC2)ccc2cccnc12. The Morgan fingerprint density at radius 1 is 0.633 bits per heavy atom. The number of quaternary nitrogens is 2. The highest BCUT2D eigenvalue weighted by atomic mass is 16.3. The predicted molar refractivity (Wildman–Crippen MR) is 116 cm³/mol. The summed E-state index contributed by atoms with van der Waals surface area (Å²) in [6.07, 6.45) is 3.44. The molecule has 1 fully saturated rings. The molecule has 5 rings (SSSR count). The zero-order valence-electron chi connectivity index (χ0n) is 16.8. The van der Waals surface area contributed by atoms with Gasteiger partial charge in [0.1, 0.15) is 50.3 Å². The second-order valence-electron chi connectivity index (χ2n) is 8.15. The van der Waals surface area contributed by atoms with Crippen molar-refractivity contribution in [2.75, 3.05) is 26.2 Å². The van der Waals surface area contributed by atoms with Crippen LogP contribution in [-0.2, 0) is 13.1 Å². The first-order valence-electron chi connectivity index (χ1n) is 10.5. The summed E-state index contributed by atoms with van der Waals surface area (Å²) < 4.78 is 0. The first kappa shape index (κ1) is 18.8. The van der Waals surface area contributed by atoms with E-state index in [2.05, 4.69) is 9.97 Å². The van der Waals surface area contributed by atoms with Gasteiger partial charge in [0, 0.05) is 23.2 Å². The van der Waals surface area contributed by atoms with Gasteiger partial charge in [0.25, 0.3) is 0 Å². The highest BCUT2D eigenvalue weighted by Gasteiger charge is 2.25. The van der Waals surface area contributed by atoms with Crippen LogP contribution in [-0.4, -0.2) is 46.4 Å². The molecule has 2 aromatic carbocycles. The lowest BCUT2D eigenvalue weighted by Crippen LogP contribution is -3.27. The van der Waals surface area contributed by atoms with Crippen molar-refractivity contribution < 1.29 is 20.0 Å². The van der Waals surface area contributed by atoms with E-state index in [4.69, 9.17) is 0 Å². The molecular weight excluding hydrogens is 376 g/mol. The predicted octanol–water partition coefficient (Wildman–Crippen LogP) is 0.678. The summed E-state index contributed by atoms with van der Waals surface area (Å²) in [6, 6.07) is 15.8. The third kappa shape index (κ3) is 3.56. The number of hydrogen-bond acceptors (Lipinski definition) is 4. The van der Waals surface area contributed by atoms with Gasteiger partial charge in [-0.1, -0.05) is 24.3 Å². The Kier molecular flexibility index (Phi) is 4.94. The molecule has 0 spiro atoms. The molecule has 4 aromatic rings. The van der Waals surface area contributed by atoms with Crippen molar-refractivity contribution >= 4 is 21.8 Å². The van der Waals surface area contributed by atoms with Gasteiger partial charge in [-0.15, -0.1) is 0 Å². The Hall–Kier alpha value is -3.22. The minimum absolute atomic E-state index is 0.309. The van der Waals surface area contributed by atoms with Gasteiger partial charge in [0.05, 0.1) is 11.1 Å². The first-order valence-corrected chi connectivity index (χ1v) is 10.5. The average molecular weight is 402 g/mol. The topological polar surface area (TPSA) is 75.1 Å². The number of rotatable bonds is 4. The minimum Gasteiger partial charge on any atom is -0.505 e. The third-order valence-electron chi connectivity index (χ3n) is 6.21. The Morgan fingerprint density at radius 2 is 1.07 bits per heavy atom. The molecule has 6 nitrogen and oxygen atoms in total. The number of phenols is 2. The number of hydrogen-bond donors (Lipinski definition) is 4. The Bertz CT molecular complexity index is 1110. The van der Waals surface area contributed by atoms with Gasteiger partial charge < -0.3 is 20.0 Å². The van der Waals surface area contributed by atoms with E-state index >= 15 is 0 Å². The van der Waals surface area contributed by atoms with E-state index in [-0.39, 0.29) is 0 Å². The van der Waals surface area contributed by atoms with E-state index in [1.807, 2.05) is 48.5 Å². The van der Waals surface area contributed by atoms with Crippen molar-refractivity contribution in [3.63, 3.8) is 0 Å². The Labute approximate surface area is 175 Å². The number of piperazine rings is 1. The van der Waals surface area contributed by atoms with Crippen LogP contribution in [0.4, 0.5) is 0 Å². The van der Waals surface area contributed by atoms with E-state index in [0.29, 0.717) is 22.5 Å². The maximum atomic E-state index is 10.6. The normalized spacial score (nSPS) is 19.3. The van der Waals surface area contributed by atoms with Gasteiger partial charge >= 0.3 is 0 Å². The molecule has 6 heteroatoms. The van der Waals surface area contributed by atoms with Crippen molar-refractivity contribution in [3.05, 3.63) is 72.1 Å². The van der Waals surface area contributed by atoms with Crippen LogP contribution in [0.2, 0.25) is 0 Å². The first-order chi connectivity index (χ1) is 14.7. The average Bonchev–Trinajstić information content (AvgIpc) is 2.79. The van der Waals surface area contributed by atoms with Crippen LogP contribution in [0.3, 0.4) is 0 Å². The second kappa shape index (κ2) is 7.89. The van der Waals surface area contributed by atoms with Gasteiger partial charge in [0.2, 0.25) is 0 Å². The smallest absolute Gasteiger partial charge is 0.150 e. The molecule has 0 saturated carbocycles. The van der Waals surface area contributed by atoms with Crippen molar-refractivity contribution in [1.82, 2.24) is 9.97 Å². The maximum absolute atomic E-state index is 10.6. The van der Waals surface area contributed by atoms with Crippen LogP contribution in [0.1, 0.15) is 11.1 Å². The fraction of sp³-hybridized carbons (Fsp3) is 0.250. The van der Waals surface area contributed by atoms with Crippen LogP contribution in [0.25, 0.3) is 21.8 Å². The van der Waals surface area contributed by atoms with Crippen LogP contribution < -0.4 is 9.80 Å². The maximum Gasteiger partial charge on any atom is 0.150 e. The Balaban J connectivity index is 1.24. The lowest BCUT2D eigenvalue weighted by Gasteiger charge is -2.30. The number of aromatic hydroxyl groups is 2. The van der Waals surface area contributed by atoms with Crippen LogP contribution >= 0.6 is 0 Å². The van der Waals surface area contributed by atoms with Crippen molar-refractivity contribution in [3.8, 4) is 11.5 Å². The summed E-state index contributed by atoms with van der Waals surface area (Å²) in [4.78, 5) is 11.6. The summed E-state index contributed by atoms with van der Waals surface area (Å²) in [7, 11) is 0. The molecule has 0 bridgehead atoms. The molecule has 30 heavy (non-hydrogen) atoms. The van der Waals surface area contributed by atoms with Crippen molar-refractivity contribution in [2.45, 2.75) is 13.1 Å². The van der Waals surface area contributed by atoms with Crippen LogP contribution in [0.15, 0.2) is 60.9 Å². The summed E-state index contributed by atoms with van der Waals surface area (Å²) >= 11 is 0. The summed E-state index contributed by atoms with van der Waals surface area (Å²) in [5.74, 6) is 0.618. The van der Waals surface area contributed by atoms with E-state index in [0.717, 1.165) is 61.2 Å². The monoisotopic (exact) mass is 402 g/mol. The highest BCUT2D eigenvalue weighted by Crippen LogP contribution is 2.27. The molecule has 1 saturated heterocycles. The fourth-order valence-corrected chi connectivity index (χ4v) is 4.48. The summed E-state index contributed by atoms with van der Waals surface area (Å²) in [5, 5.41) is 23.2. The Morgan fingerprint density at radius 3 is 1.50 bits per heavy atom. The van der Waals surface area contributed by atoms with Gasteiger partial charge in [-0.2, -0.15) is 0 Å². The third-order valence-corrected chi connectivity index (χ3v) is 6.21. The molecule has 3 heterocycles. The molecule has 0 aliphatic carbocycles. The molecule has 0 unspecified atom stereocenters. The van der Waals surface area contributed by atoms with Crippen molar-refractivity contribution in [1.29, 1.82) is 0 Å². The van der Waals surface area contributed by atoms with Gasteiger partial charge in [-0.25, -0.2) is 0 Å². The molecule has 1 aliphatic heterocycles. The van der Waals surface area contributed by atoms with E-state index in [1.165, 1.54) is 9.80 Å². The molecule has 0 atom stereocenters. The van der Waals surface area contributed by atoms with Crippen molar-refractivity contribution in [2.24, 2.45) is 0 Å². The minimum atomic E-state index is 0.309. The number of pyridine rings is 2. The molecule has 4 N–H and O–H groups in total. The zero-order valence-corrected chi connectivity index (χ0v) is 16.8. The number of nitrogens with one attached hydrogen (secondary N) is 2. The number of benzene rings is 2. The lowest BCUT2D eigenvalue weighted by molar-refractivity contribution is -1.02. The van der Waals surface area contributed by atoms with Gasteiger partial charge in [-0.05, 0) is 24.3 Å². The molecule has 2 aromatic heterocycles. The summed E-state index contributed by atoms with van der Waals surface area (Å²) in [5.41, 5.74) is 3.27. The quantitative estimate of drug-likeness (QED) is 0.405. The highest BCUT2D eigenvalue weighted by molar-refractivity contribution is 5.86.